The zero-order valence-corrected chi connectivity index (χ0v) is 13.4. The molecule has 2 heterocycles. The van der Waals surface area contributed by atoms with Crippen LogP contribution in [0, 0.1) is 13.8 Å². The molecule has 0 radical (unpaired) electrons. The molecule has 1 aromatic rings. The summed E-state index contributed by atoms with van der Waals surface area (Å²) in [7, 11) is -0.601. The van der Waals surface area contributed by atoms with E-state index >= 15 is 0 Å². The summed E-state index contributed by atoms with van der Waals surface area (Å²) in [5.74, 6) is -0.0142. The summed E-state index contributed by atoms with van der Waals surface area (Å²) in [6.45, 7) is 4.16. The smallest absolute Gasteiger partial charge is 0.249 e. The monoisotopic (exact) mass is 316 g/mol. The summed E-state index contributed by atoms with van der Waals surface area (Å²) < 4.78 is 31.9. The lowest BCUT2D eigenvalue weighted by atomic mass is 10.2. The summed E-state index contributed by atoms with van der Waals surface area (Å²) >= 11 is 0. The van der Waals surface area contributed by atoms with Gasteiger partial charge in [-0.2, -0.15) is 4.31 Å². The highest BCUT2D eigenvalue weighted by Crippen LogP contribution is 2.25. The molecule has 0 saturated carbocycles. The topological polar surface area (TPSA) is 95.7 Å². The number of rotatable bonds is 3. The molecule has 21 heavy (non-hydrogen) atoms. The first-order valence-corrected chi connectivity index (χ1v) is 8.07. The highest BCUT2D eigenvalue weighted by molar-refractivity contribution is 7.89. The second-order valence-corrected chi connectivity index (χ2v) is 7.05. The van der Waals surface area contributed by atoms with Crippen LogP contribution in [0.25, 0.3) is 0 Å². The van der Waals surface area contributed by atoms with Gasteiger partial charge in [-0.05, 0) is 13.8 Å². The fraction of sp³-hybridized carbons (Fsp3) is 0.667. The van der Waals surface area contributed by atoms with Crippen LogP contribution in [0.1, 0.15) is 11.5 Å². The van der Waals surface area contributed by atoms with Crippen molar-refractivity contribution in [3.8, 4) is 0 Å². The van der Waals surface area contributed by atoms with Crippen LogP contribution in [-0.4, -0.2) is 68.5 Å². The third-order valence-corrected chi connectivity index (χ3v) is 5.61. The van der Waals surface area contributed by atoms with Crippen LogP contribution in [0.2, 0.25) is 0 Å². The molecule has 1 unspecified atom stereocenters. The molecule has 1 aliphatic rings. The number of hydrogen-bond donors (Lipinski definition) is 1. The second-order valence-electron chi connectivity index (χ2n) is 5.22. The molecule has 1 aliphatic heterocycles. The number of aryl methyl sites for hydroxylation is 2. The number of carbonyl (C=O) groups is 1. The summed E-state index contributed by atoms with van der Waals surface area (Å²) in [4.78, 5) is 13.7. The molecule has 0 aromatic carbocycles. The van der Waals surface area contributed by atoms with Crippen LogP contribution in [-0.2, 0) is 14.8 Å². The molecule has 1 saturated heterocycles. The Kier molecular flexibility index (Phi) is 4.35. The van der Waals surface area contributed by atoms with Crippen LogP contribution in [0.4, 0.5) is 0 Å². The van der Waals surface area contributed by atoms with E-state index in [4.69, 9.17) is 4.52 Å². The second kappa shape index (κ2) is 5.74. The lowest BCUT2D eigenvalue weighted by Gasteiger charge is -2.35. The van der Waals surface area contributed by atoms with Crippen LogP contribution in [0.3, 0.4) is 0 Å². The fourth-order valence-electron chi connectivity index (χ4n) is 2.44. The summed E-state index contributed by atoms with van der Waals surface area (Å²) in [5, 5.41) is 6.75. The number of hydrogen-bond acceptors (Lipinski definition) is 6. The Morgan fingerprint density at radius 2 is 2.10 bits per heavy atom. The molecule has 1 amide bonds. The molecule has 1 fully saturated rings. The van der Waals surface area contributed by atoms with Crippen molar-refractivity contribution in [2.24, 2.45) is 0 Å². The van der Waals surface area contributed by atoms with Crippen LogP contribution in [0.5, 0.6) is 0 Å². The maximum atomic E-state index is 12.9. The van der Waals surface area contributed by atoms with E-state index in [0.29, 0.717) is 18.8 Å². The Labute approximate surface area is 124 Å². The first kappa shape index (κ1) is 15.9. The van der Waals surface area contributed by atoms with E-state index in [-0.39, 0.29) is 23.1 Å². The molecule has 9 heteroatoms. The zero-order valence-electron chi connectivity index (χ0n) is 12.6. The Morgan fingerprint density at radius 3 is 2.62 bits per heavy atom. The summed E-state index contributed by atoms with van der Waals surface area (Å²) in [6.07, 6.45) is 0. The molecule has 0 spiro atoms. The largest absolute Gasteiger partial charge is 0.360 e. The average Bonchev–Trinajstić information content (AvgIpc) is 2.77. The standard InChI is InChI=1S/C12H20N4O4S/c1-8-11(9(2)20-14-8)21(18,19)16-6-5-13-7-10(16)12(17)15(3)4/h10,13H,5-7H2,1-4H3. The predicted octanol–water partition coefficient (Wildman–Crippen LogP) is -0.658. The van der Waals surface area contributed by atoms with Gasteiger partial charge in [0, 0.05) is 33.7 Å². The van der Waals surface area contributed by atoms with Gasteiger partial charge in [0.25, 0.3) is 0 Å². The zero-order chi connectivity index (χ0) is 15.8. The van der Waals surface area contributed by atoms with E-state index in [1.165, 1.54) is 9.21 Å². The number of sulfonamides is 1. The number of nitrogens with zero attached hydrogens (tertiary/aromatic N) is 3. The third kappa shape index (κ3) is 2.81. The minimum atomic E-state index is -3.82. The number of nitrogens with one attached hydrogen (secondary N) is 1. The van der Waals surface area contributed by atoms with Crippen molar-refractivity contribution in [2.75, 3.05) is 33.7 Å². The van der Waals surface area contributed by atoms with E-state index in [9.17, 15) is 13.2 Å². The summed E-state index contributed by atoms with van der Waals surface area (Å²) in [5.41, 5.74) is 0.307. The van der Waals surface area contributed by atoms with E-state index in [1.54, 1.807) is 27.9 Å². The average molecular weight is 316 g/mol. The van der Waals surface area contributed by atoms with Crippen molar-refractivity contribution in [3.05, 3.63) is 11.5 Å². The molecule has 8 nitrogen and oxygen atoms in total. The Balaban J connectivity index is 2.44. The van der Waals surface area contributed by atoms with Gasteiger partial charge in [-0.3, -0.25) is 4.79 Å². The van der Waals surface area contributed by atoms with E-state index in [0.717, 1.165) is 0 Å². The van der Waals surface area contributed by atoms with Crippen LogP contribution in [0.15, 0.2) is 9.42 Å². The quantitative estimate of drug-likeness (QED) is 0.795. The first-order valence-electron chi connectivity index (χ1n) is 6.63. The minimum Gasteiger partial charge on any atom is -0.360 e. The van der Waals surface area contributed by atoms with Crippen LogP contribution < -0.4 is 5.32 Å². The maximum Gasteiger partial charge on any atom is 0.249 e. The molecule has 0 aliphatic carbocycles. The molecular weight excluding hydrogens is 296 g/mol. The SMILES string of the molecule is Cc1noc(C)c1S(=O)(=O)N1CCNCC1C(=O)N(C)C. The van der Waals surface area contributed by atoms with E-state index in [1.807, 2.05) is 0 Å². The Hall–Kier alpha value is -1.45. The first-order chi connectivity index (χ1) is 9.76. The number of aromatic nitrogens is 1. The van der Waals surface area contributed by atoms with Crippen molar-refractivity contribution >= 4 is 15.9 Å². The summed E-state index contributed by atoms with van der Waals surface area (Å²) in [6, 6.07) is -0.757. The normalized spacial score (nSPS) is 20.5. The van der Waals surface area contributed by atoms with Crippen molar-refractivity contribution in [2.45, 2.75) is 24.8 Å². The lowest BCUT2D eigenvalue weighted by molar-refractivity contribution is -0.133. The highest BCUT2D eigenvalue weighted by Gasteiger charge is 2.40. The molecule has 118 valence electrons. The minimum absolute atomic E-state index is 0.0564. The number of amides is 1. The predicted molar refractivity (Wildman–Crippen MR) is 75.2 cm³/mol. The fourth-order valence-corrected chi connectivity index (χ4v) is 4.32. The van der Waals surface area contributed by atoms with Gasteiger partial charge in [0.1, 0.15) is 16.6 Å². The van der Waals surface area contributed by atoms with Gasteiger partial charge in [0.2, 0.25) is 15.9 Å². The molecule has 1 aromatic heterocycles. The van der Waals surface area contributed by atoms with Gasteiger partial charge in [-0.1, -0.05) is 5.16 Å². The van der Waals surface area contributed by atoms with Crippen molar-refractivity contribution in [1.29, 1.82) is 0 Å². The molecular formula is C12H20N4O4S. The van der Waals surface area contributed by atoms with Gasteiger partial charge in [-0.15, -0.1) is 0 Å². The van der Waals surface area contributed by atoms with Crippen molar-refractivity contribution in [3.63, 3.8) is 0 Å². The van der Waals surface area contributed by atoms with Crippen LogP contribution >= 0.6 is 0 Å². The van der Waals surface area contributed by atoms with Gasteiger partial charge in [-0.25, -0.2) is 8.42 Å². The van der Waals surface area contributed by atoms with Crippen molar-refractivity contribution < 1.29 is 17.7 Å². The van der Waals surface area contributed by atoms with E-state index in [2.05, 4.69) is 10.5 Å². The van der Waals surface area contributed by atoms with Crippen molar-refractivity contribution in [1.82, 2.24) is 19.7 Å². The molecule has 1 N–H and O–H groups in total. The van der Waals surface area contributed by atoms with E-state index < -0.39 is 16.1 Å². The lowest BCUT2D eigenvalue weighted by Crippen LogP contribution is -2.59. The highest BCUT2D eigenvalue weighted by atomic mass is 32.2. The molecule has 1 atom stereocenters. The Morgan fingerprint density at radius 1 is 1.43 bits per heavy atom. The van der Waals surface area contributed by atoms with Gasteiger partial charge in [0.05, 0.1) is 0 Å². The van der Waals surface area contributed by atoms with Gasteiger partial charge < -0.3 is 14.7 Å². The number of likely N-dealkylation sites (N-methyl/N-ethyl adjacent to an activating group) is 1. The number of piperazine rings is 1. The van der Waals surface area contributed by atoms with Gasteiger partial charge in [0.15, 0.2) is 5.76 Å². The maximum absolute atomic E-state index is 12.9. The number of carbonyl (C=O) groups excluding carboxylic acids is 1. The third-order valence-electron chi connectivity index (χ3n) is 3.45. The van der Waals surface area contributed by atoms with Gasteiger partial charge >= 0.3 is 0 Å². The molecule has 2 rings (SSSR count). The Bertz CT molecular complexity index is 618. The molecule has 0 bridgehead atoms.